The van der Waals surface area contributed by atoms with Gasteiger partial charge >= 0.3 is 0 Å². The molecular formula is C17H17NO. The minimum absolute atomic E-state index is 0.919. The van der Waals surface area contributed by atoms with Gasteiger partial charge in [-0.1, -0.05) is 24.3 Å². The van der Waals surface area contributed by atoms with Gasteiger partial charge in [0.1, 0.15) is 11.5 Å². The molecule has 2 nitrogen and oxygen atoms in total. The number of hydrogen-bond donors (Lipinski definition) is 0. The lowest BCUT2D eigenvalue weighted by atomic mass is 10.0. The molecule has 3 rings (SSSR count). The summed E-state index contributed by atoms with van der Waals surface area (Å²) < 4.78 is 5.62. The van der Waals surface area contributed by atoms with E-state index in [1.54, 1.807) is 0 Å². The van der Waals surface area contributed by atoms with Crippen LogP contribution < -0.4 is 0 Å². The molecule has 3 aromatic rings. The second kappa shape index (κ2) is 4.88. The zero-order chi connectivity index (χ0) is 13.2. The van der Waals surface area contributed by atoms with Gasteiger partial charge in [0.25, 0.3) is 0 Å². The Balaban J connectivity index is 1.90. The minimum atomic E-state index is 0.919. The normalized spacial score (nSPS) is 11.1. The summed E-state index contributed by atoms with van der Waals surface area (Å²) in [7, 11) is 0. The third-order valence-corrected chi connectivity index (χ3v) is 3.38. The Labute approximate surface area is 113 Å². The van der Waals surface area contributed by atoms with Gasteiger partial charge in [-0.25, -0.2) is 0 Å². The quantitative estimate of drug-likeness (QED) is 0.696. The maximum atomic E-state index is 5.62. The number of rotatable bonds is 3. The molecule has 1 aromatic carbocycles. The average Bonchev–Trinajstić information content (AvgIpc) is 2.82. The molecule has 2 heteroatoms. The number of aromatic nitrogens is 1. The highest BCUT2D eigenvalue weighted by Gasteiger charge is 2.05. The van der Waals surface area contributed by atoms with Crippen LogP contribution in [0.5, 0.6) is 0 Å². The Morgan fingerprint density at radius 3 is 2.63 bits per heavy atom. The smallest absolute Gasteiger partial charge is 0.104 e. The number of furan rings is 1. The van der Waals surface area contributed by atoms with E-state index in [0.717, 1.165) is 35.6 Å². The maximum Gasteiger partial charge on any atom is 0.104 e. The molecule has 0 saturated carbocycles. The molecule has 0 fully saturated rings. The summed E-state index contributed by atoms with van der Waals surface area (Å²) in [5.41, 5.74) is 3.47. The number of pyridine rings is 1. The molecule has 0 amide bonds. The highest BCUT2D eigenvalue weighted by Crippen LogP contribution is 2.19. The number of benzene rings is 1. The number of fused-ring (bicyclic) bond motifs is 1. The largest absolute Gasteiger partial charge is 0.466 e. The summed E-state index contributed by atoms with van der Waals surface area (Å²) in [5.74, 6) is 2.02. The second-order valence-electron chi connectivity index (χ2n) is 4.95. The van der Waals surface area contributed by atoms with Gasteiger partial charge in [0.05, 0.1) is 5.52 Å². The molecule has 0 N–H and O–H groups in total. The molecule has 0 aliphatic heterocycles. The van der Waals surface area contributed by atoms with E-state index in [1.807, 2.05) is 19.9 Å². The molecule has 0 spiro atoms. The summed E-state index contributed by atoms with van der Waals surface area (Å²) >= 11 is 0. The SMILES string of the molecule is Cc1ccc2cccc(CCc3ccc(C)o3)c2n1. The van der Waals surface area contributed by atoms with Crippen LogP contribution in [-0.2, 0) is 12.8 Å². The zero-order valence-electron chi connectivity index (χ0n) is 11.3. The van der Waals surface area contributed by atoms with E-state index >= 15 is 0 Å². The first kappa shape index (κ1) is 12.0. The van der Waals surface area contributed by atoms with Crippen molar-refractivity contribution in [2.24, 2.45) is 0 Å². The van der Waals surface area contributed by atoms with Crippen molar-refractivity contribution in [3.8, 4) is 0 Å². The van der Waals surface area contributed by atoms with Crippen molar-refractivity contribution < 1.29 is 4.42 Å². The summed E-state index contributed by atoms with van der Waals surface area (Å²) in [6.07, 6.45) is 1.88. The second-order valence-corrected chi connectivity index (χ2v) is 4.95. The van der Waals surface area contributed by atoms with Crippen LogP contribution in [0.2, 0.25) is 0 Å². The van der Waals surface area contributed by atoms with Gasteiger partial charge in [-0.3, -0.25) is 4.98 Å². The topological polar surface area (TPSA) is 26.0 Å². The molecule has 0 unspecified atom stereocenters. The standard InChI is InChI=1S/C17H17NO/c1-12-6-8-14-4-3-5-15(17(14)18-12)9-11-16-10-7-13(2)19-16/h3-8,10H,9,11H2,1-2H3. The average molecular weight is 251 g/mol. The van der Waals surface area contributed by atoms with E-state index in [2.05, 4.69) is 41.4 Å². The molecule has 0 radical (unpaired) electrons. The number of hydrogen-bond acceptors (Lipinski definition) is 2. The van der Waals surface area contributed by atoms with Crippen molar-refractivity contribution in [1.82, 2.24) is 4.98 Å². The lowest BCUT2D eigenvalue weighted by Crippen LogP contribution is -1.94. The van der Waals surface area contributed by atoms with Crippen LogP contribution in [0.4, 0.5) is 0 Å². The number of nitrogens with zero attached hydrogens (tertiary/aromatic N) is 1. The monoisotopic (exact) mass is 251 g/mol. The molecule has 2 heterocycles. The van der Waals surface area contributed by atoms with Crippen LogP contribution in [0.1, 0.15) is 22.8 Å². The van der Waals surface area contributed by atoms with Crippen molar-refractivity contribution in [1.29, 1.82) is 0 Å². The fourth-order valence-electron chi connectivity index (χ4n) is 2.39. The van der Waals surface area contributed by atoms with Crippen LogP contribution in [0.15, 0.2) is 46.9 Å². The Bertz CT molecular complexity index is 712. The van der Waals surface area contributed by atoms with Gasteiger partial charge in [-0.15, -0.1) is 0 Å². The minimum Gasteiger partial charge on any atom is -0.466 e. The van der Waals surface area contributed by atoms with Gasteiger partial charge < -0.3 is 4.42 Å². The van der Waals surface area contributed by atoms with E-state index in [1.165, 1.54) is 10.9 Å². The van der Waals surface area contributed by atoms with Crippen LogP contribution in [0.25, 0.3) is 10.9 Å². The third-order valence-electron chi connectivity index (χ3n) is 3.38. The van der Waals surface area contributed by atoms with Gasteiger partial charge in [0.15, 0.2) is 0 Å². The summed E-state index contributed by atoms with van der Waals surface area (Å²) in [6, 6.07) is 14.6. The van der Waals surface area contributed by atoms with Crippen molar-refractivity contribution in [2.75, 3.05) is 0 Å². The first-order valence-electron chi connectivity index (χ1n) is 6.63. The lowest BCUT2D eigenvalue weighted by molar-refractivity contribution is 0.482. The first-order chi connectivity index (χ1) is 9.22. The van der Waals surface area contributed by atoms with Crippen LogP contribution in [0.3, 0.4) is 0 Å². The van der Waals surface area contributed by atoms with Crippen LogP contribution in [0, 0.1) is 13.8 Å². The van der Waals surface area contributed by atoms with Gasteiger partial charge in [0, 0.05) is 17.5 Å². The van der Waals surface area contributed by atoms with Crippen molar-refractivity contribution in [3.63, 3.8) is 0 Å². The number of aryl methyl sites for hydroxylation is 4. The Morgan fingerprint density at radius 1 is 0.947 bits per heavy atom. The van der Waals surface area contributed by atoms with Crippen molar-refractivity contribution in [2.45, 2.75) is 26.7 Å². The Hall–Kier alpha value is -2.09. The van der Waals surface area contributed by atoms with Gasteiger partial charge in [-0.05, 0) is 44.0 Å². The molecule has 0 atom stereocenters. The predicted octanol–water partition coefficient (Wildman–Crippen LogP) is 4.23. The molecule has 96 valence electrons. The molecular weight excluding hydrogens is 234 g/mol. The highest BCUT2D eigenvalue weighted by atomic mass is 16.3. The van der Waals surface area contributed by atoms with Crippen molar-refractivity contribution in [3.05, 3.63) is 65.2 Å². The van der Waals surface area contributed by atoms with E-state index in [-0.39, 0.29) is 0 Å². The third kappa shape index (κ3) is 2.53. The van der Waals surface area contributed by atoms with E-state index in [0.29, 0.717) is 0 Å². The molecule has 0 bridgehead atoms. The van der Waals surface area contributed by atoms with E-state index in [9.17, 15) is 0 Å². The number of para-hydroxylation sites is 1. The zero-order valence-corrected chi connectivity index (χ0v) is 11.3. The Kier molecular flexibility index (Phi) is 3.08. The molecule has 2 aromatic heterocycles. The molecule has 0 aliphatic rings. The summed E-state index contributed by atoms with van der Waals surface area (Å²) in [4.78, 5) is 4.66. The van der Waals surface area contributed by atoms with Gasteiger partial charge in [-0.2, -0.15) is 0 Å². The summed E-state index contributed by atoms with van der Waals surface area (Å²) in [6.45, 7) is 4.01. The van der Waals surface area contributed by atoms with E-state index in [4.69, 9.17) is 4.42 Å². The lowest BCUT2D eigenvalue weighted by Gasteiger charge is -2.05. The molecule has 0 aliphatic carbocycles. The fraction of sp³-hybridized carbons (Fsp3) is 0.235. The maximum absolute atomic E-state index is 5.62. The highest BCUT2D eigenvalue weighted by molar-refractivity contribution is 5.81. The summed E-state index contributed by atoms with van der Waals surface area (Å²) in [5, 5.41) is 1.21. The Morgan fingerprint density at radius 2 is 1.84 bits per heavy atom. The van der Waals surface area contributed by atoms with Crippen molar-refractivity contribution >= 4 is 10.9 Å². The molecule has 19 heavy (non-hydrogen) atoms. The van der Waals surface area contributed by atoms with Crippen LogP contribution >= 0.6 is 0 Å². The van der Waals surface area contributed by atoms with Gasteiger partial charge in [0.2, 0.25) is 0 Å². The fourth-order valence-corrected chi connectivity index (χ4v) is 2.39. The predicted molar refractivity (Wildman–Crippen MR) is 77.3 cm³/mol. The first-order valence-corrected chi connectivity index (χ1v) is 6.63. The molecule has 0 saturated heterocycles. The van der Waals surface area contributed by atoms with E-state index < -0.39 is 0 Å². The van der Waals surface area contributed by atoms with Crippen LogP contribution in [-0.4, -0.2) is 4.98 Å².